The van der Waals surface area contributed by atoms with Crippen LogP contribution in [0.5, 0.6) is 0 Å². The maximum atomic E-state index is 9.14. The first-order valence-corrected chi connectivity index (χ1v) is 4.50. The Hall–Kier alpha value is 0.0500. The lowest BCUT2D eigenvalue weighted by atomic mass is 10.1. The predicted molar refractivity (Wildman–Crippen MR) is 51.7 cm³/mol. The van der Waals surface area contributed by atoms with Gasteiger partial charge in [-0.3, -0.25) is 0 Å². The molecule has 0 fully saturated rings. The smallest absolute Gasteiger partial charge is 0.235 e. The average molecular weight is 226 g/mol. The van der Waals surface area contributed by atoms with E-state index in [-0.39, 0.29) is 0 Å². The summed E-state index contributed by atoms with van der Waals surface area (Å²) >= 11 is 16.6. The van der Waals surface area contributed by atoms with E-state index < -0.39 is 9.90 Å². The van der Waals surface area contributed by atoms with Gasteiger partial charge in [0, 0.05) is 0 Å². The standard InChI is InChI=1S/C8H7Cl3O/c9-7(8(10,11)12)6-4-2-1-3-5-6/h1-5,7,12H. The molecule has 4 heteroatoms. The van der Waals surface area contributed by atoms with Crippen molar-refractivity contribution in [2.45, 2.75) is 9.90 Å². The first-order valence-electron chi connectivity index (χ1n) is 3.31. The molecule has 0 aliphatic rings. The summed E-state index contributed by atoms with van der Waals surface area (Å²) in [5.74, 6) is 0. The zero-order chi connectivity index (χ0) is 9.19. The van der Waals surface area contributed by atoms with Crippen molar-refractivity contribution in [2.75, 3.05) is 0 Å². The largest absolute Gasteiger partial charge is 0.361 e. The van der Waals surface area contributed by atoms with Gasteiger partial charge >= 0.3 is 0 Å². The quantitative estimate of drug-likeness (QED) is 0.767. The molecule has 1 aromatic carbocycles. The van der Waals surface area contributed by atoms with Crippen LogP contribution in [0.1, 0.15) is 10.9 Å². The van der Waals surface area contributed by atoms with E-state index in [1.807, 2.05) is 6.07 Å². The molecule has 12 heavy (non-hydrogen) atoms. The minimum Gasteiger partial charge on any atom is -0.361 e. The highest BCUT2D eigenvalue weighted by molar-refractivity contribution is 6.50. The first-order chi connectivity index (χ1) is 5.52. The Labute approximate surface area is 85.9 Å². The van der Waals surface area contributed by atoms with Crippen LogP contribution in [-0.2, 0) is 0 Å². The van der Waals surface area contributed by atoms with Gasteiger partial charge in [0.2, 0.25) is 4.52 Å². The van der Waals surface area contributed by atoms with Gasteiger partial charge in [-0.2, -0.15) is 0 Å². The van der Waals surface area contributed by atoms with Gasteiger partial charge in [0.15, 0.2) is 0 Å². The third-order valence-electron chi connectivity index (χ3n) is 1.40. The molecule has 1 aromatic rings. The van der Waals surface area contributed by atoms with Gasteiger partial charge in [0.25, 0.3) is 0 Å². The van der Waals surface area contributed by atoms with Gasteiger partial charge in [0.1, 0.15) is 5.38 Å². The molecule has 1 unspecified atom stereocenters. The Morgan fingerprint density at radius 3 is 2.08 bits per heavy atom. The van der Waals surface area contributed by atoms with E-state index in [0.717, 1.165) is 0 Å². The monoisotopic (exact) mass is 224 g/mol. The van der Waals surface area contributed by atoms with Crippen LogP contribution in [0.4, 0.5) is 0 Å². The van der Waals surface area contributed by atoms with Crippen LogP contribution in [0.3, 0.4) is 0 Å². The van der Waals surface area contributed by atoms with Crippen molar-refractivity contribution in [1.82, 2.24) is 0 Å². The molecule has 1 atom stereocenters. The molecule has 0 aliphatic carbocycles. The lowest BCUT2D eigenvalue weighted by molar-refractivity contribution is 0.209. The molecule has 0 aliphatic heterocycles. The predicted octanol–water partition coefficient (Wildman–Crippen LogP) is 3.09. The van der Waals surface area contributed by atoms with Crippen LogP contribution in [0.25, 0.3) is 0 Å². The highest BCUT2D eigenvalue weighted by atomic mass is 35.5. The molecule has 0 radical (unpaired) electrons. The van der Waals surface area contributed by atoms with Crippen LogP contribution >= 0.6 is 34.8 Å². The lowest BCUT2D eigenvalue weighted by Gasteiger charge is -2.18. The van der Waals surface area contributed by atoms with Crippen LogP contribution in [-0.4, -0.2) is 9.63 Å². The number of hydrogen-bond acceptors (Lipinski definition) is 1. The Kier molecular flexibility index (Phi) is 3.24. The molecule has 66 valence electrons. The van der Waals surface area contributed by atoms with E-state index in [1.54, 1.807) is 24.3 Å². The maximum absolute atomic E-state index is 9.14. The summed E-state index contributed by atoms with van der Waals surface area (Å²) in [5, 5.41) is 8.32. The summed E-state index contributed by atoms with van der Waals surface area (Å²) in [4.78, 5) is 0. The van der Waals surface area contributed by atoms with E-state index >= 15 is 0 Å². The van der Waals surface area contributed by atoms with E-state index in [1.165, 1.54) is 0 Å². The average Bonchev–Trinajstić information content (AvgIpc) is 2.03. The number of hydrogen-bond donors (Lipinski definition) is 1. The van der Waals surface area contributed by atoms with Crippen molar-refractivity contribution >= 4 is 34.8 Å². The molecule has 1 nitrogen and oxygen atoms in total. The van der Waals surface area contributed by atoms with E-state index in [2.05, 4.69) is 0 Å². The number of rotatable bonds is 2. The summed E-state index contributed by atoms with van der Waals surface area (Å²) < 4.78 is -1.93. The third-order valence-corrected chi connectivity index (χ3v) is 2.62. The Morgan fingerprint density at radius 1 is 1.17 bits per heavy atom. The summed E-state index contributed by atoms with van der Waals surface area (Å²) in [7, 11) is 0. The fraction of sp³-hybridized carbons (Fsp3) is 0.250. The first kappa shape index (κ1) is 10.1. The lowest BCUT2D eigenvalue weighted by Crippen LogP contribution is -2.18. The Morgan fingerprint density at radius 2 is 1.67 bits per heavy atom. The minimum absolute atomic E-state index is 0.687. The molecule has 1 rings (SSSR count). The molecule has 1 N–H and O–H groups in total. The van der Waals surface area contributed by atoms with Gasteiger partial charge < -0.3 is 5.11 Å². The fourth-order valence-corrected chi connectivity index (χ4v) is 1.22. The highest BCUT2D eigenvalue weighted by Crippen LogP contribution is 2.38. The maximum Gasteiger partial charge on any atom is 0.235 e. The van der Waals surface area contributed by atoms with Crippen molar-refractivity contribution in [3.05, 3.63) is 35.9 Å². The second-order valence-electron chi connectivity index (χ2n) is 2.36. The Balaban J connectivity index is 2.86. The summed E-state index contributed by atoms with van der Waals surface area (Å²) in [5.41, 5.74) is 0.687. The van der Waals surface area contributed by atoms with E-state index in [0.29, 0.717) is 5.56 Å². The third kappa shape index (κ3) is 2.53. The van der Waals surface area contributed by atoms with Crippen molar-refractivity contribution in [3.63, 3.8) is 0 Å². The second-order valence-corrected chi connectivity index (χ2v) is 4.14. The summed E-state index contributed by atoms with van der Waals surface area (Å²) in [6, 6.07) is 8.92. The molecular weight excluding hydrogens is 218 g/mol. The van der Waals surface area contributed by atoms with E-state index in [9.17, 15) is 0 Å². The topological polar surface area (TPSA) is 20.2 Å². The molecule has 0 saturated heterocycles. The zero-order valence-electron chi connectivity index (χ0n) is 6.05. The van der Waals surface area contributed by atoms with Crippen LogP contribution < -0.4 is 0 Å². The van der Waals surface area contributed by atoms with Crippen molar-refractivity contribution < 1.29 is 5.11 Å². The van der Waals surface area contributed by atoms with Crippen LogP contribution in [0, 0.1) is 0 Å². The van der Waals surface area contributed by atoms with Gasteiger partial charge in [-0.1, -0.05) is 53.5 Å². The van der Waals surface area contributed by atoms with Crippen LogP contribution in [0.15, 0.2) is 30.3 Å². The SMILES string of the molecule is OC(Cl)(Cl)C(Cl)c1ccccc1. The Bertz CT molecular complexity index is 242. The molecule has 0 amide bonds. The van der Waals surface area contributed by atoms with Crippen molar-refractivity contribution in [2.24, 2.45) is 0 Å². The fourth-order valence-electron chi connectivity index (χ4n) is 0.823. The minimum atomic E-state index is -1.93. The van der Waals surface area contributed by atoms with Gasteiger partial charge in [-0.05, 0) is 5.56 Å². The zero-order valence-corrected chi connectivity index (χ0v) is 8.31. The highest BCUT2D eigenvalue weighted by Gasteiger charge is 2.31. The summed E-state index contributed by atoms with van der Waals surface area (Å²) in [6.07, 6.45) is 0. The number of aliphatic hydroxyl groups is 1. The number of halogens is 3. The van der Waals surface area contributed by atoms with Gasteiger partial charge in [-0.25, -0.2) is 0 Å². The summed E-state index contributed by atoms with van der Waals surface area (Å²) in [6.45, 7) is 0. The molecular formula is C8H7Cl3O. The van der Waals surface area contributed by atoms with Crippen LogP contribution in [0.2, 0.25) is 0 Å². The van der Waals surface area contributed by atoms with Gasteiger partial charge in [-0.15, -0.1) is 11.6 Å². The number of alkyl halides is 3. The molecule has 0 heterocycles. The number of benzene rings is 1. The normalized spacial score (nSPS) is 14.3. The van der Waals surface area contributed by atoms with Crippen molar-refractivity contribution in [3.8, 4) is 0 Å². The van der Waals surface area contributed by atoms with E-state index in [4.69, 9.17) is 39.9 Å². The molecule has 0 saturated carbocycles. The van der Waals surface area contributed by atoms with Crippen molar-refractivity contribution in [1.29, 1.82) is 0 Å². The molecule has 0 spiro atoms. The molecule has 0 bridgehead atoms. The second kappa shape index (κ2) is 3.84. The van der Waals surface area contributed by atoms with Gasteiger partial charge in [0.05, 0.1) is 0 Å². The molecule has 0 aromatic heterocycles.